The molecule has 0 aliphatic heterocycles. The van der Waals surface area contributed by atoms with Gasteiger partial charge in [0.15, 0.2) is 6.10 Å². The fourth-order valence-corrected chi connectivity index (χ4v) is 2.13. The number of carbonyl (C=O) groups excluding carboxylic acids is 1. The predicted octanol–water partition coefficient (Wildman–Crippen LogP) is 1.74. The average molecular weight is 285 g/mol. The fraction of sp³-hybridized carbons (Fsp3) is 0.235. The quantitative estimate of drug-likeness (QED) is 0.879. The molecule has 2 atom stereocenters. The lowest BCUT2D eigenvalue weighted by molar-refractivity contribution is -0.145. The Morgan fingerprint density at radius 1 is 1.00 bits per heavy atom. The molecule has 2 aromatic carbocycles. The van der Waals surface area contributed by atoms with E-state index in [0.717, 1.165) is 5.56 Å². The number of aliphatic hydroxyl groups is 2. The monoisotopic (exact) mass is 285 g/mol. The third kappa shape index (κ3) is 3.90. The van der Waals surface area contributed by atoms with E-state index in [9.17, 15) is 15.0 Å². The Hall–Kier alpha value is -2.17. The highest BCUT2D eigenvalue weighted by Gasteiger charge is 2.28. The minimum Gasteiger partial charge on any atom is -0.385 e. The van der Waals surface area contributed by atoms with E-state index in [-0.39, 0.29) is 0 Å². The molecule has 4 heteroatoms. The number of carbonyl (C=O) groups is 1. The van der Waals surface area contributed by atoms with Crippen molar-refractivity contribution in [1.82, 2.24) is 4.90 Å². The Balaban J connectivity index is 2.01. The minimum atomic E-state index is -1.47. The average Bonchev–Trinajstić information content (AvgIpc) is 2.54. The molecule has 2 rings (SSSR count). The van der Waals surface area contributed by atoms with Crippen LogP contribution in [0, 0.1) is 0 Å². The van der Waals surface area contributed by atoms with Gasteiger partial charge < -0.3 is 15.1 Å². The standard InChI is InChI=1S/C17H19NO3/c1-18(12-13-8-4-2-5-9-13)17(21)16(20)15(19)14-10-6-3-7-11-14/h2-11,15-16,19-20H,12H2,1H3/t15-,16+/m1/s1. The lowest BCUT2D eigenvalue weighted by Gasteiger charge is -2.24. The summed E-state index contributed by atoms with van der Waals surface area (Å²) in [7, 11) is 1.61. The molecule has 110 valence electrons. The Labute approximate surface area is 124 Å². The molecule has 0 unspecified atom stereocenters. The lowest BCUT2D eigenvalue weighted by Crippen LogP contribution is -2.39. The number of likely N-dealkylation sites (N-methyl/N-ethyl adjacent to an activating group) is 1. The van der Waals surface area contributed by atoms with Crippen LogP contribution in [-0.2, 0) is 11.3 Å². The molecule has 1 amide bonds. The number of amides is 1. The second-order valence-corrected chi connectivity index (χ2v) is 4.98. The number of rotatable bonds is 5. The van der Waals surface area contributed by atoms with E-state index >= 15 is 0 Å². The van der Waals surface area contributed by atoms with Gasteiger partial charge in [-0.25, -0.2) is 0 Å². The number of aliphatic hydroxyl groups excluding tert-OH is 2. The van der Waals surface area contributed by atoms with Crippen LogP contribution in [-0.4, -0.2) is 34.2 Å². The molecule has 0 saturated carbocycles. The second-order valence-electron chi connectivity index (χ2n) is 4.98. The number of benzene rings is 2. The minimum absolute atomic E-state index is 0.387. The molecular weight excluding hydrogens is 266 g/mol. The molecule has 0 aliphatic carbocycles. The smallest absolute Gasteiger partial charge is 0.254 e. The van der Waals surface area contributed by atoms with Gasteiger partial charge in [-0.2, -0.15) is 0 Å². The van der Waals surface area contributed by atoms with Crippen LogP contribution < -0.4 is 0 Å². The van der Waals surface area contributed by atoms with Gasteiger partial charge in [-0.1, -0.05) is 60.7 Å². The molecule has 21 heavy (non-hydrogen) atoms. The molecule has 0 aliphatic rings. The van der Waals surface area contributed by atoms with Crippen LogP contribution in [0.3, 0.4) is 0 Å². The van der Waals surface area contributed by atoms with E-state index in [4.69, 9.17) is 0 Å². The Morgan fingerprint density at radius 3 is 2.10 bits per heavy atom. The third-order valence-electron chi connectivity index (χ3n) is 3.33. The molecule has 0 bridgehead atoms. The van der Waals surface area contributed by atoms with Crippen molar-refractivity contribution in [2.45, 2.75) is 18.8 Å². The Kier molecular flexibility index (Phi) is 5.09. The molecule has 0 heterocycles. The van der Waals surface area contributed by atoms with Crippen LogP contribution in [0.2, 0.25) is 0 Å². The highest BCUT2D eigenvalue weighted by Crippen LogP contribution is 2.18. The lowest BCUT2D eigenvalue weighted by atomic mass is 10.0. The van der Waals surface area contributed by atoms with Crippen molar-refractivity contribution in [2.75, 3.05) is 7.05 Å². The summed E-state index contributed by atoms with van der Waals surface area (Å²) in [5, 5.41) is 20.1. The van der Waals surface area contributed by atoms with Crippen molar-refractivity contribution in [3.05, 3.63) is 71.8 Å². The van der Waals surface area contributed by atoms with E-state index in [2.05, 4.69) is 0 Å². The highest BCUT2D eigenvalue weighted by atomic mass is 16.3. The summed E-state index contributed by atoms with van der Waals surface area (Å²) >= 11 is 0. The van der Waals surface area contributed by atoms with Crippen LogP contribution in [0.4, 0.5) is 0 Å². The second kappa shape index (κ2) is 7.02. The fourth-order valence-electron chi connectivity index (χ4n) is 2.13. The van der Waals surface area contributed by atoms with E-state index in [1.165, 1.54) is 4.90 Å². The van der Waals surface area contributed by atoms with Gasteiger partial charge in [-0.3, -0.25) is 4.79 Å². The van der Waals surface area contributed by atoms with Crippen LogP contribution in [0.1, 0.15) is 17.2 Å². The van der Waals surface area contributed by atoms with Gasteiger partial charge in [0.1, 0.15) is 6.10 Å². The Morgan fingerprint density at radius 2 is 1.52 bits per heavy atom. The van der Waals surface area contributed by atoms with Crippen LogP contribution >= 0.6 is 0 Å². The molecular formula is C17H19NO3. The van der Waals surface area contributed by atoms with Crippen LogP contribution in [0.15, 0.2) is 60.7 Å². The van der Waals surface area contributed by atoms with Crippen molar-refractivity contribution >= 4 is 5.91 Å². The Bertz CT molecular complexity index is 571. The van der Waals surface area contributed by atoms with Crippen molar-refractivity contribution < 1.29 is 15.0 Å². The van der Waals surface area contributed by atoms with Crippen molar-refractivity contribution in [1.29, 1.82) is 0 Å². The molecule has 0 saturated heterocycles. The molecule has 0 fully saturated rings. The highest BCUT2D eigenvalue weighted by molar-refractivity contribution is 5.81. The van der Waals surface area contributed by atoms with Crippen molar-refractivity contribution in [3.8, 4) is 0 Å². The molecule has 2 N–H and O–H groups in total. The van der Waals surface area contributed by atoms with E-state index in [1.54, 1.807) is 31.3 Å². The van der Waals surface area contributed by atoms with Crippen LogP contribution in [0.25, 0.3) is 0 Å². The molecule has 0 radical (unpaired) electrons. The van der Waals surface area contributed by atoms with E-state index in [1.807, 2.05) is 36.4 Å². The summed E-state index contributed by atoms with van der Waals surface area (Å²) in [6.45, 7) is 0.387. The largest absolute Gasteiger partial charge is 0.385 e. The zero-order chi connectivity index (χ0) is 15.2. The molecule has 2 aromatic rings. The number of nitrogens with zero attached hydrogens (tertiary/aromatic N) is 1. The zero-order valence-corrected chi connectivity index (χ0v) is 11.9. The first kappa shape index (κ1) is 15.2. The first-order valence-corrected chi connectivity index (χ1v) is 6.79. The summed E-state index contributed by atoms with van der Waals surface area (Å²) in [5.74, 6) is -0.504. The van der Waals surface area contributed by atoms with Gasteiger partial charge in [0.2, 0.25) is 0 Å². The van der Waals surface area contributed by atoms with Gasteiger partial charge in [0.25, 0.3) is 5.91 Å². The van der Waals surface area contributed by atoms with E-state index in [0.29, 0.717) is 12.1 Å². The summed E-state index contributed by atoms with van der Waals surface area (Å²) in [4.78, 5) is 13.6. The van der Waals surface area contributed by atoms with Gasteiger partial charge in [-0.05, 0) is 11.1 Å². The third-order valence-corrected chi connectivity index (χ3v) is 3.33. The zero-order valence-electron chi connectivity index (χ0n) is 11.9. The maximum Gasteiger partial charge on any atom is 0.254 e. The normalized spacial score (nSPS) is 13.5. The summed E-state index contributed by atoms with van der Waals surface area (Å²) in [5.41, 5.74) is 1.49. The van der Waals surface area contributed by atoms with Gasteiger partial charge in [0.05, 0.1) is 0 Å². The van der Waals surface area contributed by atoms with Gasteiger partial charge >= 0.3 is 0 Å². The maximum absolute atomic E-state index is 12.2. The van der Waals surface area contributed by atoms with Crippen LogP contribution in [0.5, 0.6) is 0 Å². The summed E-state index contributed by atoms with van der Waals surface area (Å²) < 4.78 is 0. The molecule has 4 nitrogen and oxygen atoms in total. The number of hydrogen-bond donors (Lipinski definition) is 2. The molecule has 0 spiro atoms. The first-order chi connectivity index (χ1) is 10.1. The predicted molar refractivity (Wildman–Crippen MR) is 80.3 cm³/mol. The molecule has 0 aromatic heterocycles. The van der Waals surface area contributed by atoms with Crippen molar-refractivity contribution in [3.63, 3.8) is 0 Å². The first-order valence-electron chi connectivity index (χ1n) is 6.79. The summed E-state index contributed by atoms with van der Waals surface area (Å²) in [6.07, 6.45) is -2.70. The van der Waals surface area contributed by atoms with Gasteiger partial charge in [-0.15, -0.1) is 0 Å². The van der Waals surface area contributed by atoms with E-state index < -0.39 is 18.1 Å². The maximum atomic E-state index is 12.2. The van der Waals surface area contributed by atoms with Crippen molar-refractivity contribution in [2.24, 2.45) is 0 Å². The van der Waals surface area contributed by atoms with Gasteiger partial charge in [0, 0.05) is 13.6 Å². The topological polar surface area (TPSA) is 60.8 Å². The number of hydrogen-bond acceptors (Lipinski definition) is 3. The summed E-state index contributed by atoms with van der Waals surface area (Å²) in [6, 6.07) is 18.2. The SMILES string of the molecule is CN(Cc1ccccc1)C(=O)[C@@H](O)[C@H](O)c1ccccc1.